The summed E-state index contributed by atoms with van der Waals surface area (Å²) in [4.78, 5) is 11.2. The van der Waals surface area contributed by atoms with E-state index >= 15 is 0 Å². The lowest BCUT2D eigenvalue weighted by molar-refractivity contribution is 0.0989. The zero-order valence-corrected chi connectivity index (χ0v) is 9.20. The molecule has 0 amide bonds. The summed E-state index contributed by atoms with van der Waals surface area (Å²) < 4.78 is 5.57. The summed E-state index contributed by atoms with van der Waals surface area (Å²) in [6.07, 6.45) is 0. The van der Waals surface area contributed by atoms with Crippen molar-refractivity contribution < 1.29 is 9.21 Å². The third kappa shape index (κ3) is 1.67. The van der Waals surface area contributed by atoms with E-state index in [0.717, 1.165) is 16.5 Å². The van der Waals surface area contributed by atoms with Gasteiger partial charge >= 0.3 is 0 Å². The second kappa shape index (κ2) is 3.54. The van der Waals surface area contributed by atoms with E-state index in [1.54, 1.807) is 0 Å². The smallest absolute Gasteiger partial charge is 0.194 e. The summed E-state index contributed by atoms with van der Waals surface area (Å²) in [7, 11) is 0. The Kier molecular flexibility index (Phi) is 2.35. The molecule has 0 unspecified atom stereocenters. The minimum Gasteiger partial charge on any atom is -0.453 e. The Labute approximate surface area is 88.9 Å². The van der Waals surface area contributed by atoms with Crippen molar-refractivity contribution in [1.29, 1.82) is 0 Å². The second-order valence-electron chi connectivity index (χ2n) is 4.09. The molecule has 0 saturated heterocycles. The van der Waals surface area contributed by atoms with Crippen molar-refractivity contribution in [2.75, 3.05) is 0 Å². The first-order valence-corrected chi connectivity index (χ1v) is 5.13. The summed E-state index contributed by atoms with van der Waals surface area (Å²) in [5.41, 5.74) is 2.00. The van der Waals surface area contributed by atoms with Crippen molar-refractivity contribution in [3.63, 3.8) is 0 Å². The van der Waals surface area contributed by atoms with Crippen LogP contribution in [0.2, 0.25) is 0 Å². The molecule has 0 radical (unpaired) electrons. The van der Waals surface area contributed by atoms with Gasteiger partial charge in [-0.05, 0) is 17.5 Å². The van der Waals surface area contributed by atoms with Gasteiger partial charge in [0.2, 0.25) is 0 Å². The number of hydrogen-bond donors (Lipinski definition) is 0. The van der Waals surface area contributed by atoms with Gasteiger partial charge in [0.25, 0.3) is 0 Å². The molecule has 0 fully saturated rings. The van der Waals surface area contributed by atoms with E-state index in [-0.39, 0.29) is 5.78 Å². The average Bonchev–Trinajstić information content (AvgIpc) is 2.60. The number of benzene rings is 1. The van der Waals surface area contributed by atoms with Crippen LogP contribution in [0.1, 0.15) is 42.8 Å². The fraction of sp³-hybridized carbons (Fsp3) is 0.308. The molecule has 0 N–H and O–H groups in total. The van der Waals surface area contributed by atoms with Gasteiger partial charge in [-0.3, -0.25) is 4.79 Å². The molecule has 2 heteroatoms. The molecule has 0 saturated carbocycles. The number of ketones is 1. The van der Waals surface area contributed by atoms with Crippen LogP contribution in [0.25, 0.3) is 11.0 Å². The van der Waals surface area contributed by atoms with Crippen LogP contribution in [0.5, 0.6) is 0 Å². The molecule has 78 valence electrons. The SMILES string of the molecule is CC(=O)c1cc2cccc(C(C)C)c2o1. The first-order valence-electron chi connectivity index (χ1n) is 5.13. The van der Waals surface area contributed by atoms with Crippen LogP contribution in [-0.2, 0) is 0 Å². The maximum Gasteiger partial charge on any atom is 0.194 e. The first-order chi connectivity index (χ1) is 7.09. The number of para-hydroxylation sites is 1. The van der Waals surface area contributed by atoms with E-state index in [2.05, 4.69) is 13.8 Å². The monoisotopic (exact) mass is 202 g/mol. The van der Waals surface area contributed by atoms with Gasteiger partial charge in [-0.2, -0.15) is 0 Å². The lowest BCUT2D eigenvalue weighted by Crippen LogP contribution is -1.87. The van der Waals surface area contributed by atoms with Crippen LogP contribution >= 0.6 is 0 Å². The fourth-order valence-corrected chi connectivity index (χ4v) is 1.71. The molecular formula is C13H14O2. The molecule has 2 aromatic rings. The van der Waals surface area contributed by atoms with Gasteiger partial charge in [0.05, 0.1) is 0 Å². The highest BCUT2D eigenvalue weighted by atomic mass is 16.3. The second-order valence-corrected chi connectivity index (χ2v) is 4.09. The molecule has 0 aliphatic heterocycles. The first kappa shape index (κ1) is 9.97. The molecule has 0 bridgehead atoms. The fourth-order valence-electron chi connectivity index (χ4n) is 1.71. The topological polar surface area (TPSA) is 30.2 Å². The number of carbonyl (C=O) groups excluding carboxylic acids is 1. The van der Waals surface area contributed by atoms with E-state index in [1.807, 2.05) is 24.3 Å². The van der Waals surface area contributed by atoms with Crippen LogP contribution in [0.3, 0.4) is 0 Å². The van der Waals surface area contributed by atoms with Gasteiger partial charge in [0.15, 0.2) is 11.5 Å². The maximum atomic E-state index is 11.2. The maximum absolute atomic E-state index is 11.2. The Hall–Kier alpha value is -1.57. The highest BCUT2D eigenvalue weighted by Crippen LogP contribution is 2.28. The lowest BCUT2D eigenvalue weighted by Gasteiger charge is -2.04. The largest absolute Gasteiger partial charge is 0.453 e. The molecule has 0 aliphatic carbocycles. The molecule has 1 aromatic heterocycles. The van der Waals surface area contributed by atoms with Crippen molar-refractivity contribution in [2.45, 2.75) is 26.7 Å². The van der Waals surface area contributed by atoms with Gasteiger partial charge in [-0.1, -0.05) is 32.0 Å². The third-order valence-corrected chi connectivity index (χ3v) is 2.54. The van der Waals surface area contributed by atoms with E-state index in [9.17, 15) is 4.79 Å². The van der Waals surface area contributed by atoms with Crippen LogP contribution < -0.4 is 0 Å². The molecule has 0 atom stereocenters. The highest BCUT2D eigenvalue weighted by molar-refractivity contribution is 5.96. The molecule has 1 heterocycles. The molecule has 2 rings (SSSR count). The predicted molar refractivity (Wildman–Crippen MR) is 60.3 cm³/mol. The third-order valence-electron chi connectivity index (χ3n) is 2.54. The zero-order valence-electron chi connectivity index (χ0n) is 9.20. The number of carbonyl (C=O) groups is 1. The Morgan fingerprint density at radius 3 is 2.67 bits per heavy atom. The summed E-state index contributed by atoms with van der Waals surface area (Å²) in [5, 5.41) is 1.01. The summed E-state index contributed by atoms with van der Waals surface area (Å²) in [6.45, 7) is 5.75. The summed E-state index contributed by atoms with van der Waals surface area (Å²) >= 11 is 0. The highest BCUT2D eigenvalue weighted by Gasteiger charge is 2.12. The van der Waals surface area contributed by atoms with Crippen LogP contribution in [-0.4, -0.2) is 5.78 Å². The summed E-state index contributed by atoms with van der Waals surface area (Å²) in [5.74, 6) is 0.818. The van der Waals surface area contributed by atoms with Crippen molar-refractivity contribution in [2.24, 2.45) is 0 Å². The molecule has 2 nitrogen and oxygen atoms in total. The van der Waals surface area contributed by atoms with Gasteiger partial charge in [-0.15, -0.1) is 0 Å². The van der Waals surface area contributed by atoms with Gasteiger partial charge in [-0.25, -0.2) is 0 Å². The Morgan fingerprint density at radius 1 is 1.33 bits per heavy atom. The molecule has 0 spiro atoms. The summed E-state index contributed by atoms with van der Waals surface area (Å²) in [6, 6.07) is 7.82. The average molecular weight is 202 g/mol. The van der Waals surface area contributed by atoms with Gasteiger partial charge in [0, 0.05) is 12.3 Å². The number of furan rings is 1. The van der Waals surface area contributed by atoms with Gasteiger partial charge < -0.3 is 4.42 Å². The van der Waals surface area contributed by atoms with Crippen molar-refractivity contribution in [3.05, 3.63) is 35.6 Å². The molecule has 1 aromatic carbocycles. The Balaban J connectivity index is 2.69. The van der Waals surface area contributed by atoms with E-state index < -0.39 is 0 Å². The Morgan fingerprint density at radius 2 is 2.07 bits per heavy atom. The molecular weight excluding hydrogens is 188 g/mol. The van der Waals surface area contributed by atoms with Crippen LogP contribution in [0.4, 0.5) is 0 Å². The van der Waals surface area contributed by atoms with E-state index in [1.165, 1.54) is 6.92 Å². The normalized spacial score (nSPS) is 11.2. The standard InChI is InChI=1S/C13H14O2/c1-8(2)11-6-4-5-10-7-12(9(3)14)15-13(10)11/h4-8H,1-3H3. The zero-order chi connectivity index (χ0) is 11.0. The number of Topliss-reactive ketones (excluding diaryl/α,β-unsaturated/α-hetero) is 1. The van der Waals surface area contributed by atoms with Crippen LogP contribution in [0.15, 0.2) is 28.7 Å². The van der Waals surface area contributed by atoms with Crippen molar-refractivity contribution in [3.8, 4) is 0 Å². The minimum absolute atomic E-state index is 0.0269. The number of fused-ring (bicyclic) bond motifs is 1. The molecule has 0 aliphatic rings. The number of rotatable bonds is 2. The predicted octanol–water partition coefficient (Wildman–Crippen LogP) is 3.76. The lowest BCUT2D eigenvalue weighted by atomic mass is 10.0. The van der Waals surface area contributed by atoms with E-state index in [4.69, 9.17) is 4.42 Å². The van der Waals surface area contributed by atoms with E-state index in [0.29, 0.717) is 11.7 Å². The quantitative estimate of drug-likeness (QED) is 0.694. The van der Waals surface area contributed by atoms with Crippen molar-refractivity contribution >= 4 is 16.8 Å². The molecule has 15 heavy (non-hydrogen) atoms. The Bertz CT molecular complexity index is 506. The van der Waals surface area contributed by atoms with Crippen molar-refractivity contribution in [1.82, 2.24) is 0 Å². The van der Waals surface area contributed by atoms with Gasteiger partial charge in [0.1, 0.15) is 5.58 Å². The number of hydrogen-bond acceptors (Lipinski definition) is 2. The van der Waals surface area contributed by atoms with Crippen LogP contribution in [0, 0.1) is 0 Å². The minimum atomic E-state index is -0.0269.